The third kappa shape index (κ3) is 9.23. The first-order valence-electron chi connectivity index (χ1n) is 6.83. The van der Waals surface area contributed by atoms with Crippen molar-refractivity contribution in [2.75, 3.05) is 44.2 Å². The van der Waals surface area contributed by atoms with Crippen molar-refractivity contribution >= 4 is 35.3 Å². The van der Waals surface area contributed by atoms with E-state index < -0.39 is 0 Å². The monoisotopic (exact) mass is 338 g/mol. The van der Waals surface area contributed by atoms with Gasteiger partial charge in [0.1, 0.15) is 12.2 Å². The molecule has 1 fully saturated rings. The highest BCUT2D eigenvalue weighted by atomic mass is 32.2. The van der Waals surface area contributed by atoms with Crippen LogP contribution >= 0.6 is 23.5 Å². The Bertz CT molecular complexity index is 302. The van der Waals surface area contributed by atoms with E-state index in [0.717, 1.165) is 18.6 Å². The molecule has 0 radical (unpaired) electrons. The van der Waals surface area contributed by atoms with Crippen LogP contribution in [-0.2, 0) is 23.7 Å². The second kappa shape index (κ2) is 12.1. The van der Waals surface area contributed by atoms with Crippen LogP contribution in [0.4, 0.5) is 4.79 Å². The molecule has 0 aliphatic carbocycles. The third-order valence-corrected chi connectivity index (χ3v) is 4.26. The molecule has 0 aromatic rings. The summed E-state index contributed by atoms with van der Waals surface area (Å²) < 4.78 is 20.8. The maximum absolute atomic E-state index is 10.8. The van der Waals surface area contributed by atoms with Gasteiger partial charge in [-0.1, -0.05) is 0 Å². The topological polar surface area (TPSA) is 71.1 Å². The van der Waals surface area contributed by atoms with Gasteiger partial charge in [0.15, 0.2) is 0 Å². The molecule has 0 saturated carbocycles. The van der Waals surface area contributed by atoms with Crippen molar-refractivity contribution in [2.24, 2.45) is 0 Å². The zero-order chi connectivity index (χ0) is 15.3. The molecular weight excluding hydrogens is 316 g/mol. The molecule has 0 aromatic carbocycles. The Kier molecular flexibility index (Phi) is 10.8. The molecule has 0 N–H and O–H groups in total. The lowest BCUT2D eigenvalue weighted by molar-refractivity contribution is -0.135. The molecule has 2 atom stereocenters. The molecule has 1 aliphatic heterocycles. The Morgan fingerprint density at radius 3 is 2.81 bits per heavy atom. The van der Waals surface area contributed by atoms with Gasteiger partial charge in [-0.2, -0.15) is 11.8 Å². The maximum Gasteiger partial charge on any atom is 0.367 e. The molecule has 1 saturated heterocycles. The van der Waals surface area contributed by atoms with Crippen LogP contribution in [0.5, 0.6) is 0 Å². The Hall–Kier alpha value is -0.440. The van der Waals surface area contributed by atoms with E-state index >= 15 is 0 Å². The number of cyclic esters (lactones) is 1. The molecule has 2 unspecified atom stereocenters. The van der Waals surface area contributed by atoms with Crippen molar-refractivity contribution in [2.45, 2.75) is 25.0 Å². The summed E-state index contributed by atoms with van der Waals surface area (Å²) in [6.07, 6.45) is 3.44. The third-order valence-electron chi connectivity index (χ3n) is 2.69. The van der Waals surface area contributed by atoms with E-state index in [9.17, 15) is 9.59 Å². The van der Waals surface area contributed by atoms with Crippen LogP contribution < -0.4 is 0 Å². The summed E-state index contributed by atoms with van der Waals surface area (Å²) in [5.74, 6) is 1.41. The molecule has 0 spiro atoms. The van der Waals surface area contributed by atoms with Gasteiger partial charge in [-0.15, -0.1) is 0 Å². The first-order valence-corrected chi connectivity index (χ1v) is 9.21. The summed E-state index contributed by atoms with van der Waals surface area (Å²) in [5, 5.41) is -0.214. The van der Waals surface area contributed by atoms with E-state index in [1.807, 2.05) is 6.26 Å². The molecule has 1 rings (SSSR count). The Morgan fingerprint density at radius 1 is 1.43 bits per heavy atom. The smallest absolute Gasteiger partial charge is 0.367 e. The molecule has 6 nitrogen and oxygen atoms in total. The van der Waals surface area contributed by atoms with E-state index in [1.165, 1.54) is 11.8 Å². The minimum absolute atomic E-state index is 0.105. The Balaban J connectivity index is 1.87. The fourth-order valence-electron chi connectivity index (χ4n) is 1.68. The number of thioether (sulfide) groups is 2. The van der Waals surface area contributed by atoms with Crippen molar-refractivity contribution in [3.8, 4) is 0 Å². The molecule has 1 aliphatic rings. The highest BCUT2D eigenvalue weighted by Crippen LogP contribution is 2.19. The van der Waals surface area contributed by atoms with Gasteiger partial charge in [0.2, 0.25) is 0 Å². The van der Waals surface area contributed by atoms with Gasteiger partial charge < -0.3 is 18.9 Å². The summed E-state index contributed by atoms with van der Waals surface area (Å²) >= 11 is 2.81. The first kappa shape index (κ1) is 18.6. The second-order valence-corrected chi connectivity index (χ2v) is 6.33. The minimum Gasteiger partial charge on any atom is -0.461 e. The van der Waals surface area contributed by atoms with Gasteiger partial charge in [-0.25, -0.2) is 4.79 Å². The molecular formula is C13H22O6S2. The van der Waals surface area contributed by atoms with E-state index in [-0.39, 0.29) is 17.5 Å². The lowest BCUT2D eigenvalue weighted by Gasteiger charge is -2.14. The van der Waals surface area contributed by atoms with E-state index in [1.54, 1.807) is 11.8 Å². The number of unbranched alkanes of at least 4 members (excludes halogenated alkanes) is 1. The normalized spacial score (nSPS) is 19.3. The van der Waals surface area contributed by atoms with E-state index in [4.69, 9.17) is 18.9 Å². The first-order chi connectivity index (χ1) is 10.3. The lowest BCUT2D eigenvalue weighted by Crippen LogP contribution is -2.22. The van der Waals surface area contributed by atoms with Crippen molar-refractivity contribution in [1.82, 2.24) is 0 Å². The molecule has 8 heteroatoms. The van der Waals surface area contributed by atoms with Crippen LogP contribution in [0, 0.1) is 0 Å². The van der Waals surface area contributed by atoms with Crippen molar-refractivity contribution in [3.63, 3.8) is 0 Å². The zero-order valence-electron chi connectivity index (χ0n) is 12.2. The number of hydrogen-bond acceptors (Lipinski definition) is 8. The van der Waals surface area contributed by atoms with Gasteiger partial charge in [0.05, 0.1) is 13.2 Å². The fourth-order valence-corrected chi connectivity index (χ4v) is 2.91. The van der Waals surface area contributed by atoms with Crippen LogP contribution in [0.2, 0.25) is 0 Å². The Morgan fingerprint density at radius 2 is 2.19 bits per heavy atom. The van der Waals surface area contributed by atoms with Crippen molar-refractivity contribution in [3.05, 3.63) is 0 Å². The van der Waals surface area contributed by atoms with E-state index in [2.05, 4.69) is 0 Å². The number of ether oxygens (including phenoxy) is 4. The standard InChI is InChI=1S/C13H22O6S2/c1-20-8-11(18-10-14)6-16-4-2-3-5-17-7-12-9-21-13(15)19-12/h10-12H,2-9H2,1H3. The van der Waals surface area contributed by atoms with Gasteiger partial charge in [-0.05, 0) is 30.9 Å². The minimum atomic E-state index is -0.214. The molecule has 0 aromatic heterocycles. The average molecular weight is 338 g/mol. The summed E-state index contributed by atoms with van der Waals surface area (Å²) in [6, 6.07) is 0. The van der Waals surface area contributed by atoms with Crippen molar-refractivity contribution < 1.29 is 28.5 Å². The predicted molar refractivity (Wildman–Crippen MR) is 82.9 cm³/mol. The maximum atomic E-state index is 10.8. The summed E-state index contributed by atoms with van der Waals surface area (Å²) in [5.41, 5.74) is 0. The SMILES string of the molecule is CSCC(COCCCCOCC1CSC(=O)O1)OC=O. The van der Waals surface area contributed by atoms with Gasteiger partial charge in [-0.3, -0.25) is 4.79 Å². The lowest BCUT2D eigenvalue weighted by atomic mass is 10.3. The van der Waals surface area contributed by atoms with Crippen LogP contribution in [0.1, 0.15) is 12.8 Å². The highest BCUT2D eigenvalue weighted by molar-refractivity contribution is 8.13. The van der Waals surface area contributed by atoms with E-state index in [0.29, 0.717) is 38.7 Å². The summed E-state index contributed by atoms with van der Waals surface area (Å²) in [6.45, 7) is 2.59. The quantitative estimate of drug-likeness (QED) is 0.287. The van der Waals surface area contributed by atoms with Gasteiger partial charge >= 0.3 is 5.30 Å². The largest absolute Gasteiger partial charge is 0.461 e. The molecule has 21 heavy (non-hydrogen) atoms. The van der Waals surface area contributed by atoms with Crippen LogP contribution in [-0.4, -0.2) is 68.2 Å². The number of hydrogen-bond donors (Lipinski definition) is 0. The summed E-state index contributed by atoms with van der Waals surface area (Å²) in [7, 11) is 0. The fraction of sp³-hybridized carbons (Fsp3) is 0.846. The van der Waals surface area contributed by atoms with Crippen LogP contribution in [0.3, 0.4) is 0 Å². The average Bonchev–Trinajstić information content (AvgIpc) is 2.88. The number of carbonyl (C=O) groups is 2. The summed E-state index contributed by atoms with van der Waals surface area (Å²) in [4.78, 5) is 21.1. The van der Waals surface area contributed by atoms with Gasteiger partial charge in [0.25, 0.3) is 6.47 Å². The van der Waals surface area contributed by atoms with Crippen LogP contribution in [0.15, 0.2) is 0 Å². The molecule has 122 valence electrons. The molecule has 1 heterocycles. The van der Waals surface area contributed by atoms with Gasteiger partial charge in [0, 0.05) is 24.7 Å². The molecule has 0 amide bonds. The second-order valence-electron chi connectivity index (χ2n) is 4.47. The molecule has 0 bridgehead atoms. The van der Waals surface area contributed by atoms with Crippen molar-refractivity contribution in [1.29, 1.82) is 0 Å². The predicted octanol–water partition coefficient (Wildman–Crippen LogP) is 1.96. The zero-order valence-corrected chi connectivity index (χ0v) is 13.8. The number of rotatable bonds is 13. The highest BCUT2D eigenvalue weighted by Gasteiger charge is 2.23. The number of carbonyl (C=O) groups excluding carboxylic acids is 2. The Labute approximate surface area is 133 Å². The van der Waals surface area contributed by atoms with Crippen LogP contribution in [0.25, 0.3) is 0 Å².